The van der Waals surface area contributed by atoms with Crippen LogP contribution in [0.1, 0.15) is 48.0 Å². The van der Waals surface area contributed by atoms with Gasteiger partial charge in [0.05, 0.1) is 10.5 Å². The summed E-state index contributed by atoms with van der Waals surface area (Å²) in [5.74, 6) is -6.04. The van der Waals surface area contributed by atoms with E-state index in [0.717, 1.165) is 24.2 Å². The molecule has 0 aromatic heterocycles. The highest BCUT2D eigenvalue weighted by molar-refractivity contribution is 6.44. The van der Waals surface area contributed by atoms with Gasteiger partial charge in [0, 0.05) is 13.1 Å². The maximum atomic E-state index is 13.3. The third kappa shape index (κ3) is 3.96. The topological polar surface area (TPSA) is 121 Å². The molecule has 1 fully saturated rings. The summed E-state index contributed by atoms with van der Waals surface area (Å²) in [5.41, 5.74) is -5.10. The lowest BCUT2D eigenvalue weighted by molar-refractivity contribution is -0.386. The molecule has 1 aliphatic rings. The second kappa shape index (κ2) is 7.41. The van der Waals surface area contributed by atoms with Gasteiger partial charge in [0.1, 0.15) is 5.56 Å². The lowest BCUT2D eigenvalue weighted by atomic mass is 9.93. The molecule has 0 aliphatic heterocycles. The van der Waals surface area contributed by atoms with Gasteiger partial charge in [-0.25, -0.2) is 0 Å². The number of rotatable bonds is 4. The molecular formula is C16H17F3N2O6. The average Bonchev–Trinajstić information content (AvgIpc) is 2.61. The van der Waals surface area contributed by atoms with Crippen molar-refractivity contribution in [3.05, 3.63) is 27.3 Å². The van der Waals surface area contributed by atoms with Crippen molar-refractivity contribution in [1.29, 1.82) is 0 Å². The minimum absolute atomic E-state index is 0.0105. The zero-order valence-electron chi connectivity index (χ0n) is 14.2. The first-order valence-electron chi connectivity index (χ1n) is 8.08. The predicted octanol–water partition coefficient (Wildman–Crippen LogP) is 3.00. The first-order valence-corrected chi connectivity index (χ1v) is 8.08. The average molecular weight is 390 g/mol. The molecule has 0 radical (unpaired) electrons. The molecule has 1 aromatic carbocycles. The number of ketones is 1. The van der Waals surface area contributed by atoms with Crippen LogP contribution in [0.25, 0.3) is 0 Å². The summed E-state index contributed by atoms with van der Waals surface area (Å²) >= 11 is 0. The van der Waals surface area contributed by atoms with E-state index in [2.05, 4.69) is 0 Å². The molecule has 148 valence electrons. The molecule has 1 aromatic rings. The second-order valence-corrected chi connectivity index (χ2v) is 6.31. The van der Waals surface area contributed by atoms with Gasteiger partial charge in [-0.3, -0.25) is 19.7 Å². The van der Waals surface area contributed by atoms with Gasteiger partial charge < -0.3 is 15.1 Å². The molecule has 0 saturated heterocycles. The SMILES string of the molecule is CN(C(=O)C(=O)c1c(C(F)(F)F)cc(O)c(O)c1[N+](=O)[O-])C1CCCCC1. The van der Waals surface area contributed by atoms with Crippen LogP contribution >= 0.6 is 0 Å². The van der Waals surface area contributed by atoms with Crippen LogP contribution in [0.5, 0.6) is 11.5 Å². The number of halogens is 3. The first kappa shape index (κ1) is 20.5. The summed E-state index contributed by atoms with van der Waals surface area (Å²) in [5, 5.41) is 30.2. The smallest absolute Gasteiger partial charge is 0.417 e. The van der Waals surface area contributed by atoms with E-state index in [1.54, 1.807) is 0 Å². The summed E-state index contributed by atoms with van der Waals surface area (Å²) in [7, 11) is 1.25. The Labute approximate surface area is 151 Å². The van der Waals surface area contributed by atoms with E-state index in [1.165, 1.54) is 7.05 Å². The number of Topliss-reactive ketones (excluding diaryl/α,β-unsaturated/α-hetero) is 1. The number of phenols is 2. The van der Waals surface area contributed by atoms with Crippen molar-refractivity contribution in [1.82, 2.24) is 4.90 Å². The van der Waals surface area contributed by atoms with E-state index in [9.17, 15) is 43.1 Å². The van der Waals surface area contributed by atoms with Crippen LogP contribution in [0.2, 0.25) is 0 Å². The lowest BCUT2D eigenvalue weighted by Crippen LogP contribution is -2.42. The van der Waals surface area contributed by atoms with Gasteiger partial charge >= 0.3 is 11.9 Å². The number of benzene rings is 1. The molecule has 8 nitrogen and oxygen atoms in total. The van der Waals surface area contributed by atoms with Crippen LogP contribution in [0.15, 0.2) is 6.07 Å². The predicted molar refractivity (Wildman–Crippen MR) is 85.4 cm³/mol. The molecule has 27 heavy (non-hydrogen) atoms. The number of nitro benzene ring substituents is 1. The number of carbonyl (C=O) groups is 2. The molecule has 0 spiro atoms. The van der Waals surface area contributed by atoms with Crippen LogP contribution in [0, 0.1) is 10.1 Å². The number of amides is 1. The molecule has 0 bridgehead atoms. The number of nitro groups is 1. The summed E-state index contributed by atoms with van der Waals surface area (Å²) in [6.07, 6.45) is -1.66. The fourth-order valence-electron chi connectivity index (χ4n) is 3.18. The number of carbonyl (C=O) groups excluding carboxylic acids is 2. The number of alkyl halides is 3. The van der Waals surface area contributed by atoms with E-state index in [4.69, 9.17) is 0 Å². The van der Waals surface area contributed by atoms with Crippen molar-refractivity contribution < 1.29 is 37.9 Å². The second-order valence-electron chi connectivity index (χ2n) is 6.31. The quantitative estimate of drug-likeness (QED) is 0.268. The monoisotopic (exact) mass is 390 g/mol. The van der Waals surface area contributed by atoms with Gasteiger partial charge in [-0.15, -0.1) is 0 Å². The van der Waals surface area contributed by atoms with E-state index in [0.29, 0.717) is 12.8 Å². The molecule has 1 saturated carbocycles. The molecule has 0 atom stereocenters. The lowest BCUT2D eigenvalue weighted by Gasteiger charge is -2.30. The number of nitrogens with zero attached hydrogens (tertiary/aromatic N) is 2. The number of aromatic hydroxyl groups is 2. The number of likely N-dealkylation sites (N-methyl/N-ethyl adjacent to an activating group) is 1. The minimum Gasteiger partial charge on any atom is -0.504 e. The van der Waals surface area contributed by atoms with Crippen molar-refractivity contribution >= 4 is 17.4 Å². The highest BCUT2D eigenvalue weighted by atomic mass is 19.4. The third-order valence-corrected chi connectivity index (χ3v) is 4.61. The molecule has 0 heterocycles. The van der Waals surface area contributed by atoms with Gasteiger partial charge in [-0.1, -0.05) is 19.3 Å². The summed E-state index contributed by atoms with van der Waals surface area (Å²) in [6.45, 7) is 0. The van der Waals surface area contributed by atoms with Crippen LogP contribution in [-0.2, 0) is 11.0 Å². The van der Waals surface area contributed by atoms with E-state index >= 15 is 0 Å². The molecular weight excluding hydrogens is 373 g/mol. The molecule has 0 unspecified atom stereocenters. The fraction of sp³-hybridized carbons (Fsp3) is 0.500. The Balaban J connectivity index is 2.57. The summed E-state index contributed by atoms with van der Waals surface area (Å²) in [4.78, 5) is 35.6. The number of hydrogen-bond donors (Lipinski definition) is 2. The molecule has 11 heteroatoms. The maximum absolute atomic E-state index is 13.3. The van der Waals surface area contributed by atoms with Crippen molar-refractivity contribution in [2.24, 2.45) is 0 Å². The Bertz CT molecular complexity index is 787. The Morgan fingerprint density at radius 1 is 1.22 bits per heavy atom. The standard InChI is InChI=1S/C16H17F3N2O6/c1-20(8-5-3-2-4-6-8)15(25)14(24)11-9(16(17,18)19)7-10(22)13(23)12(11)21(26)27/h7-8,22-23H,2-6H2,1H3. The molecule has 1 aliphatic carbocycles. The highest BCUT2D eigenvalue weighted by Gasteiger charge is 2.45. The Hall–Kier alpha value is -2.85. The minimum atomic E-state index is -5.27. The van der Waals surface area contributed by atoms with Gasteiger partial charge in [0.25, 0.3) is 11.7 Å². The van der Waals surface area contributed by atoms with Gasteiger partial charge in [0.15, 0.2) is 5.75 Å². The van der Waals surface area contributed by atoms with Crippen molar-refractivity contribution in [3.8, 4) is 11.5 Å². The molecule has 1 amide bonds. The fourth-order valence-corrected chi connectivity index (χ4v) is 3.18. The van der Waals surface area contributed by atoms with E-state index < -0.39 is 51.1 Å². The summed E-state index contributed by atoms with van der Waals surface area (Å²) < 4.78 is 39.9. The third-order valence-electron chi connectivity index (χ3n) is 4.61. The zero-order chi connectivity index (χ0) is 20.5. The van der Waals surface area contributed by atoms with Crippen LogP contribution in [0.4, 0.5) is 18.9 Å². The number of phenolic OH excluding ortho intramolecular Hbond substituents is 2. The van der Waals surface area contributed by atoms with Crippen LogP contribution in [-0.4, -0.2) is 44.8 Å². The Morgan fingerprint density at radius 3 is 2.26 bits per heavy atom. The van der Waals surface area contributed by atoms with Crippen molar-refractivity contribution in [2.75, 3.05) is 7.05 Å². The van der Waals surface area contributed by atoms with E-state index in [-0.39, 0.29) is 12.1 Å². The van der Waals surface area contributed by atoms with Gasteiger partial charge in [-0.2, -0.15) is 13.2 Å². The largest absolute Gasteiger partial charge is 0.504 e. The maximum Gasteiger partial charge on any atom is 0.417 e. The van der Waals surface area contributed by atoms with Crippen LogP contribution in [0.3, 0.4) is 0 Å². The first-order chi connectivity index (χ1) is 12.5. The Morgan fingerprint density at radius 2 is 1.78 bits per heavy atom. The number of hydrogen-bond acceptors (Lipinski definition) is 6. The normalized spacial score (nSPS) is 15.4. The molecule has 2 rings (SSSR count). The summed E-state index contributed by atoms with van der Waals surface area (Å²) in [6, 6.07) is -0.377. The van der Waals surface area contributed by atoms with Crippen molar-refractivity contribution in [3.63, 3.8) is 0 Å². The van der Waals surface area contributed by atoms with Crippen LogP contribution < -0.4 is 0 Å². The van der Waals surface area contributed by atoms with Gasteiger partial charge in [-0.05, 0) is 18.9 Å². The van der Waals surface area contributed by atoms with Crippen molar-refractivity contribution in [2.45, 2.75) is 44.3 Å². The highest BCUT2D eigenvalue weighted by Crippen LogP contribution is 2.45. The van der Waals surface area contributed by atoms with Gasteiger partial charge in [0.2, 0.25) is 5.75 Å². The Kier molecular flexibility index (Phi) is 5.62. The zero-order valence-corrected chi connectivity index (χ0v) is 14.2. The molecule has 2 N–H and O–H groups in total. The van der Waals surface area contributed by atoms with E-state index in [1.807, 2.05) is 0 Å².